The molecular weight excluding hydrogens is 846 g/mol. The van der Waals surface area contributed by atoms with Crippen LogP contribution in [0.1, 0.15) is 0 Å². The molecule has 0 radical (unpaired) electrons. The minimum absolute atomic E-state index is 0.0206. The van der Waals surface area contributed by atoms with E-state index in [0.29, 0.717) is 63.4 Å². The van der Waals surface area contributed by atoms with Crippen molar-refractivity contribution in [2.24, 2.45) is 16.0 Å². The fourth-order valence-electron chi connectivity index (χ4n) is 5.77. The molecule has 1 saturated heterocycles. The number of piperazine rings is 1. The highest BCUT2D eigenvalue weighted by molar-refractivity contribution is 7.95. The summed E-state index contributed by atoms with van der Waals surface area (Å²) < 4.78 is 77.9. The predicted octanol–water partition coefficient (Wildman–Crippen LogP) is 5.13. The lowest BCUT2D eigenvalue weighted by atomic mass is 10.1. The number of phenols is 1. The topological polar surface area (TPSA) is 314 Å². The summed E-state index contributed by atoms with van der Waals surface area (Å²) in [5.74, 6) is -0.615. The second-order valence-electron chi connectivity index (χ2n) is 11.5. The van der Waals surface area contributed by atoms with Crippen molar-refractivity contribution in [2.75, 3.05) is 49.5 Å². The maximum Gasteiger partial charge on any atom is 0.295 e. The Bertz CT molecular complexity index is 2530. The van der Waals surface area contributed by atoms with E-state index in [1.807, 2.05) is 4.90 Å². The van der Waals surface area contributed by atoms with E-state index in [1.54, 1.807) is 0 Å². The number of benzene rings is 4. The van der Waals surface area contributed by atoms with E-state index in [2.05, 4.69) is 54.1 Å². The van der Waals surface area contributed by atoms with Gasteiger partial charge in [0.05, 0.1) is 44.5 Å². The fourth-order valence-corrected chi connectivity index (χ4v) is 8.23. The number of azo groups is 1. The zero-order valence-corrected chi connectivity index (χ0v) is 32.1. The van der Waals surface area contributed by atoms with Gasteiger partial charge in [0.15, 0.2) is 5.75 Å². The molecule has 0 amide bonds. The smallest absolute Gasteiger partial charge is 0.295 e. The Morgan fingerprint density at radius 1 is 0.893 bits per heavy atom. The largest absolute Gasteiger partial charge is 0.505 e. The highest BCUT2D eigenvalue weighted by Gasteiger charge is 2.25. The van der Waals surface area contributed by atoms with Crippen LogP contribution < -0.4 is 16.0 Å². The number of phenolic OH excluding ortho intramolecular Hbond substituents is 1. The molecule has 5 aromatic rings. The number of aromatic nitrogens is 3. The van der Waals surface area contributed by atoms with Crippen molar-refractivity contribution >= 4 is 106 Å². The molecule has 0 bridgehead atoms. The maximum atomic E-state index is 12.4. The lowest BCUT2D eigenvalue weighted by molar-refractivity contribution is -0.432. The molecule has 0 aliphatic carbocycles. The normalized spacial score (nSPS) is 14.4. The van der Waals surface area contributed by atoms with Gasteiger partial charge in [0.1, 0.15) is 16.3 Å². The Labute approximate surface area is 329 Å². The van der Waals surface area contributed by atoms with Gasteiger partial charge in [-0.25, -0.2) is 10.5 Å². The van der Waals surface area contributed by atoms with E-state index in [4.69, 9.17) is 27.8 Å². The number of nitrogens with one attached hydrogen (secondary N) is 1. The fraction of sp³-hybridized carbons (Fsp3) is 0.207. The van der Waals surface area contributed by atoms with Gasteiger partial charge >= 0.3 is 0 Å². The average molecular weight is 874 g/mol. The third-order valence-electron chi connectivity index (χ3n) is 8.15. The van der Waals surface area contributed by atoms with Crippen LogP contribution in [-0.4, -0.2) is 101 Å². The minimum atomic E-state index is -4.86. The van der Waals surface area contributed by atoms with Gasteiger partial charge < -0.3 is 21.1 Å². The number of anilines is 3. The second-order valence-corrected chi connectivity index (χ2v) is 16.1. The predicted molar refractivity (Wildman–Crippen MR) is 201 cm³/mol. The summed E-state index contributed by atoms with van der Waals surface area (Å²) in [7, 11) is -9.54. The van der Waals surface area contributed by atoms with Gasteiger partial charge in [0, 0.05) is 55.4 Å². The Morgan fingerprint density at radius 2 is 1.62 bits per heavy atom. The zero-order valence-electron chi connectivity index (χ0n) is 28.1. The molecule has 1 aliphatic heterocycles. The highest BCUT2D eigenvalue weighted by Crippen LogP contribution is 2.48. The van der Waals surface area contributed by atoms with Gasteiger partial charge in [-0.1, -0.05) is 28.3 Å². The number of rotatable bonds is 15. The Balaban J connectivity index is 1.49. The number of fused-ring (bicyclic) bond motifs is 2. The second kappa shape index (κ2) is 17.6. The molecule has 0 saturated carbocycles. The van der Waals surface area contributed by atoms with Gasteiger partial charge in [-0.2, -0.15) is 31.8 Å². The van der Waals surface area contributed by atoms with E-state index in [0.717, 1.165) is 18.2 Å². The van der Waals surface area contributed by atoms with Crippen molar-refractivity contribution in [1.82, 2.24) is 19.9 Å². The van der Waals surface area contributed by atoms with Crippen LogP contribution in [0.5, 0.6) is 5.75 Å². The molecule has 0 unspecified atom stereocenters. The minimum Gasteiger partial charge on any atom is -0.505 e. The summed E-state index contributed by atoms with van der Waals surface area (Å²) in [6.45, 7) is 3.64. The van der Waals surface area contributed by atoms with Crippen LogP contribution in [0.15, 0.2) is 78.3 Å². The molecule has 0 spiro atoms. The Hall–Kier alpha value is -4.10. The lowest BCUT2D eigenvalue weighted by Crippen LogP contribution is -2.48. The molecule has 4 aromatic carbocycles. The van der Waals surface area contributed by atoms with Crippen molar-refractivity contribution in [2.45, 2.75) is 19.6 Å². The Kier molecular flexibility index (Phi) is 13.0. The molecule has 1 fully saturated rings. The standard InChI is InChI=1S/C29H28ClN9O13S4/c30-27-33-28(35-29(34-27)39-10-8-38(7-6-31)9-11-39)32-20-14-16(55(43,44)45)12-15-13-21(53-51-49-41)24(25(40)23(15)20)37-36-19-5-4-17-18(26(19)54-52-50-42)2-1-3-22(17)56(46,47)48/h1-5,12-14,40-42H,6-11,31H2,(H,43,44,45)(H,46,47,48)(H,32,33,34,35). The number of aromatic hydroxyl groups is 1. The SMILES string of the molecule is NCCN1CCN(c2nc(Cl)nc(Nc3cc(S(=O)(=O)O)cc4cc(SOOO)c(N=Nc5ccc6c(S(=O)(=O)O)cccc6c5SOOO)c(O)c34)n2)CC1. The third kappa shape index (κ3) is 9.36. The molecule has 22 nitrogen and oxygen atoms in total. The van der Waals surface area contributed by atoms with Gasteiger partial charge in [-0.15, -0.1) is 18.9 Å². The van der Waals surface area contributed by atoms with Crippen LogP contribution >= 0.6 is 35.7 Å². The number of hydrogen-bond acceptors (Lipinski definition) is 22. The molecule has 1 aliphatic rings. The number of nitrogens with zero attached hydrogens (tertiary/aromatic N) is 7. The van der Waals surface area contributed by atoms with Gasteiger partial charge in [-0.3, -0.25) is 14.0 Å². The Morgan fingerprint density at radius 3 is 2.30 bits per heavy atom. The molecule has 6 rings (SSSR count). The van der Waals surface area contributed by atoms with Gasteiger partial charge in [-0.05, 0) is 47.3 Å². The maximum absolute atomic E-state index is 12.4. The van der Waals surface area contributed by atoms with Gasteiger partial charge in [0.2, 0.25) is 17.2 Å². The summed E-state index contributed by atoms with van der Waals surface area (Å²) in [5.41, 5.74) is 5.13. The monoisotopic (exact) mass is 873 g/mol. The summed E-state index contributed by atoms with van der Waals surface area (Å²) in [4.78, 5) is 15.7. The first kappa shape index (κ1) is 41.5. The molecule has 56 heavy (non-hydrogen) atoms. The molecule has 27 heteroatoms. The van der Waals surface area contributed by atoms with Crippen LogP contribution in [-0.2, 0) is 39.0 Å². The third-order valence-corrected chi connectivity index (χ3v) is 11.4. The van der Waals surface area contributed by atoms with Crippen molar-refractivity contribution in [3.63, 3.8) is 0 Å². The number of hydrogen-bond donors (Lipinski definition) is 7. The van der Waals surface area contributed by atoms with Gasteiger partial charge in [0.25, 0.3) is 20.2 Å². The summed E-state index contributed by atoms with van der Waals surface area (Å²) in [6.07, 6.45) is 0. The quantitative estimate of drug-likeness (QED) is 0.0236. The van der Waals surface area contributed by atoms with Crippen LogP contribution in [0.2, 0.25) is 5.28 Å². The van der Waals surface area contributed by atoms with Crippen molar-refractivity contribution in [3.05, 3.63) is 53.8 Å². The van der Waals surface area contributed by atoms with E-state index >= 15 is 0 Å². The van der Waals surface area contributed by atoms with Crippen molar-refractivity contribution < 1.29 is 60.3 Å². The number of nitrogens with two attached hydrogens (primary N) is 1. The summed E-state index contributed by atoms with van der Waals surface area (Å²) in [5, 5.41) is 48.1. The van der Waals surface area contributed by atoms with Crippen molar-refractivity contribution in [1.29, 1.82) is 0 Å². The first-order chi connectivity index (χ1) is 26.7. The lowest BCUT2D eigenvalue weighted by Gasteiger charge is -2.34. The highest BCUT2D eigenvalue weighted by atomic mass is 35.5. The average Bonchev–Trinajstić information content (AvgIpc) is 3.15. The molecule has 1 aromatic heterocycles. The number of halogens is 1. The van der Waals surface area contributed by atoms with E-state index < -0.39 is 35.8 Å². The van der Waals surface area contributed by atoms with Crippen LogP contribution in [0.25, 0.3) is 21.5 Å². The van der Waals surface area contributed by atoms with E-state index in [1.165, 1.54) is 30.3 Å². The zero-order chi connectivity index (χ0) is 40.2. The van der Waals surface area contributed by atoms with Crippen LogP contribution in [0.4, 0.5) is 29.0 Å². The molecule has 298 valence electrons. The van der Waals surface area contributed by atoms with Crippen LogP contribution in [0, 0.1) is 0 Å². The van der Waals surface area contributed by atoms with Crippen molar-refractivity contribution in [3.8, 4) is 5.75 Å². The molecule has 2 heterocycles. The summed E-state index contributed by atoms with van der Waals surface area (Å²) in [6, 6.07) is 9.83. The first-order valence-corrected chi connectivity index (χ1v) is 20.4. The first-order valence-electron chi connectivity index (χ1n) is 15.6. The summed E-state index contributed by atoms with van der Waals surface area (Å²) >= 11 is 7.00. The molecular formula is C29H28ClN9O13S4. The molecule has 8 N–H and O–H groups in total. The van der Waals surface area contributed by atoms with Crippen LogP contribution in [0.3, 0.4) is 0 Å². The molecule has 0 atom stereocenters. The van der Waals surface area contributed by atoms with E-state index in [9.17, 15) is 31.0 Å². The van der Waals surface area contributed by atoms with E-state index in [-0.39, 0.29) is 65.6 Å².